The quantitative estimate of drug-likeness (QED) is 0.908. The van der Waals surface area contributed by atoms with Gasteiger partial charge in [0.2, 0.25) is 5.91 Å². The Hall–Kier alpha value is -2.96. The molecule has 0 saturated carbocycles. The molecule has 0 saturated heterocycles. The van der Waals surface area contributed by atoms with E-state index < -0.39 is 17.7 Å². The van der Waals surface area contributed by atoms with Crippen LogP contribution in [0.3, 0.4) is 0 Å². The van der Waals surface area contributed by atoms with Gasteiger partial charge in [0.25, 0.3) is 0 Å². The summed E-state index contributed by atoms with van der Waals surface area (Å²) in [6.45, 7) is 0.317. The average molecular weight is 331 g/mol. The number of carbonyl (C=O) groups is 2. The molecule has 1 aliphatic rings. The summed E-state index contributed by atoms with van der Waals surface area (Å²) < 4.78 is 26.5. The third kappa shape index (κ3) is 3.34. The van der Waals surface area contributed by atoms with E-state index in [0.29, 0.717) is 6.54 Å². The first-order valence-electron chi connectivity index (χ1n) is 7.43. The fraction of sp³-hybridized carbons (Fsp3) is 0.176. The molecular formula is C17H15F2N3O2. The van der Waals surface area contributed by atoms with Gasteiger partial charge in [-0.15, -0.1) is 0 Å². The highest BCUT2D eigenvalue weighted by Gasteiger charge is 2.24. The SMILES string of the molecule is O=C(NCC(=O)N1CCc2ccccc21)Nc1cc(F)ccc1F. The molecule has 1 aliphatic heterocycles. The molecule has 0 spiro atoms. The third-order valence-corrected chi connectivity index (χ3v) is 3.76. The molecule has 0 unspecified atom stereocenters. The topological polar surface area (TPSA) is 61.4 Å². The second-order valence-corrected chi connectivity index (χ2v) is 5.36. The molecular weight excluding hydrogens is 316 g/mol. The van der Waals surface area contributed by atoms with Crippen molar-refractivity contribution in [1.82, 2.24) is 5.32 Å². The van der Waals surface area contributed by atoms with Crippen molar-refractivity contribution in [3.8, 4) is 0 Å². The second-order valence-electron chi connectivity index (χ2n) is 5.36. The number of nitrogens with one attached hydrogen (secondary N) is 2. The van der Waals surface area contributed by atoms with Gasteiger partial charge >= 0.3 is 6.03 Å². The number of benzene rings is 2. The summed E-state index contributed by atoms with van der Waals surface area (Å²) in [5, 5.41) is 4.54. The largest absolute Gasteiger partial charge is 0.329 e. The van der Waals surface area contributed by atoms with E-state index in [-0.39, 0.29) is 18.1 Å². The van der Waals surface area contributed by atoms with Crippen LogP contribution in [0.2, 0.25) is 0 Å². The van der Waals surface area contributed by atoms with Gasteiger partial charge in [0.15, 0.2) is 0 Å². The van der Waals surface area contributed by atoms with E-state index >= 15 is 0 Å². The third-order valence-electron chi connectivity index (χ3n) is 3.76. The molecule has 7 heteroatoms. The number of hydrogen-bond acceptors (Lipinski definition) is 2. The number of urea groups is 1. The van der Waals surface area contributed by atoms with Gasteiger partial charge in [-0.25, -0.2) is 13.6 Å². The summed E-state index contributed by atoms with van der Waals surface area (Å²) in [5.41, 5.74) is 1.63. The van der Waals surface area contributed by atoms with Crippen LogP contribution < -0.4 is 15.5 Å². The predicted octanol–water partition coefficient (Wildman–Crippen LogP) is 2.68. The molecule has 0 radical (unpaired) electrons. The Morgan fingerprint density at radius 2 is 1.92 bits per heavy atom. The molecule has 2 aromatic carbocycles. The highest BCUT2D eigenvalue weighted by atomic mass is 19.1. The molecule has 0 aliphatic carbocycles. The zero-order valence-electron chi connectivity index (χ0n) is 12.7. The minimum atomic E-state index is -0.777. The molecule has 2 N–H and O–H groups in total. The normalized spacial score (nSPS) is 12.7. The molecule has 3 amide bonds. The summed E-state index contributed by atoms with van der Waals surface area (Å²) in [5.74, 6) is -1.70. The number of nitrogens with zero attached hydrogens (tertiary/aromatic N) is 1. The zero-order valence-corrected chi connectivity index (χ0v) is 12.7. The standard InChI is InChI=1S/C17H15F2N3O2/c18-12-5-6-13(19)14(9-12)21-17(24)20-10-16(23)22-8-7-11-3-1-2-4-15(11)22/h1-6,9H,7-8,10H2,(H2,20,21,24). The number of anilines is 2. The number of rotatable bonds is 3. The average Bonchev–Trinajstić information content (AvgIpc) is 3.00. The maximum atomic E-state index is 13.5. The summed E-state index contributed by atoms with van der Waals surface area (Å²) >= 11 is 0. The van der Waals surface area contributed by atoms with E-state index in [1.165, 1.54) is 0 Å². The molecule has 3 rings (SSSR count). The van der Waals surface area contributed by atoms with Crippen molar-refractivity contribution in [2.45, 2.75) is 6.42 Å². The zero-order chi connectivity index (χ0) is 17.1. The fourth-order valence-corrected chi connectivity index (χ4v) is 2.61. The van der Waals surface area contributed by atoms with Crippen LogP contribution in [-0.4, -0.2) is 25.0 Å². The molecule has 1 heterocycles. The minimum Gasteiger partial charge on any atom is -0.329 e. The van der Waals surface area contributed by atoms with Gasteiger partial charge in [0, 0.05) is 18.3 Å². The molecule has 24 heavy (non-hydrogen) atoms. The lowest BCUT2D eigenvalue weighted by Gasteiger charge is -2.17. The van der Waals surface area contributed by atoms with Crippen molar-refractivity contribution in [3.63, 3.8) is 0 Å². The smallest absolute Gasteiger partial charge is 0.319 e. The fourth-order valence-electron chi connectivity index (χ4n) is 2.61. The number of halogens is 2. The lowest BCUT2D eigenvalue weighted by molar-refractivity contribution is -0.117. The first kappa shape index (κ1) is 15.9. The van der Waals surface area contributed by atoms with Crippen LogP contribution >= 0.6 is 0 Å². The van der Waals surface area contributed by atoms with Crippen LogP contribution in [0.25, 0.3) is 0 Å². The van der Waals surface area contributed by atoms with Gasteiger partial charge < -0.3 is 15.5 Å². The minimum absolute atomic E-state index is 0.239. The van der Waals surface area contributed by atoms with Crippen molar-refractivity contribution in [2.75, 3.05) is 23.3 Å². The monoisotopic (exact) mass is 331 g/mol. The van der Waals surface area contributed by atoms with E-state index in [0.717, 1.165) is 35.9 Å². The van der Waals surface area contributed by atoms with Crippen molar-refractivity contribution in [2.24, 2.45) is 0 Å². The summed E-state index contributed by atoms with van der Waals surface area (Å²) in [7, 11) is 0. The van der Waals surface area contributed by atoms with Crippen LogP contribution in [0.15, 0.2) is 42.5 Å². The van der Waals surface area contributed by atoms with Gasteiger partial charge in [-0.1, -0.05) is 18.2 Å². The van der Waals surface area contributed by atoms with Crippen LogP contribution in [0.1, 0.15) is 5.56 Å². The Morgan fingerprint density at radius 1 is 1.12 bits per heavy atom. The Labute approximate surface area is 137 Å². The summed E-state index contributed by atoms with van der Waals surface area (Å²) in [6.07, 6.45) is 0.766. The van der Waals surface area contributed by atoms with Crippen LogP contribution in [0, 0.1) is 11.6 Å². The number of amides is 3. The Kier molecular flexibility index (Phi) is 4.41. The summed E-state index contributed by atoms with van der Waals surface area (Å²) in [6, 6.07) is 9.51. The molecule has 124 valence electrons. The van der Waals surface area contributed by atoms with Gasteiger partial charge in [-0.2, -0.15) is 0 Å². The first-order valence-corrected chi connectivity index (χ1v) is 7.43. The van der Waals surface area contributed by atoms with Crippen molar-refractivity contribution < 1.29 is 18.4 Å². The Balaban J connectivity index is 1.57. The van der Waals surface area contributed by atoms with E-state index in [4.69, 9.17) is 0 Å². The highest BCUT2D eigenvalue weighted by Crippen LogP contribution is 2.27. The van der Waals surface area contributed by atoms with E-state index in [1.54, 1.807) is 4.90 Å². The van der Waals surface area contributed by atoms with Gasteiger partial charge in [-0.3, -0.25) is 4.79 Å². The molecule has 0 fully saturated rings. The lowest BCUT2D eigenvalue weighted by Crippen LogP contribution is -2.41. The number of hydrogen-bond donors (Lipinski definition) is 2. The van der Waals surface area contributed by atoms with E-state index in [9.17, 15) is 18.4 Å². The van der Waals surface area contributed by atoms with Gasteiger partial charge in [-0.05, 0) is 30.2 Å². The molecule has 0 aromatic heterocycles. The van der Waals surface area contributed by atoms with E-state index in [2.05, 4.69) is 10.6 Å². The van der Waals surface area contributed by atoms with Crippen molar-refractivity contribution in [1.29, 1.82) is 0 Å². The first-order chi connectivity index (χ1) is 11.5. The molecule has 2 aromatic rings. The lowest BCUT2D eigenvalue weighted by atomic mass is 10.2. The molecule has 0 bridgehead atoms. The van der Waals surface area contributed by atoms with Crippen molar-refractivity contribution >= 4 is 23.3 Å². The predicted molar refractivity (Wildman–Crippen MR) is 85.9 cm³/mol. The van der Waals surface area contributed by atoms with Crippen LogP contribution in [0.4, 0.5) is 25.0 Å². The maximum absolute atomic E-state index is 13.5. The molecule has 0 atom stereocenters. The summed E-state index contributed by atoms with van der Waals surface area (Å²) in [4.78, 5) is 25.6. The Morgan fingerprint density at radius 3 is 2.75 bits per heavy atom. The second kappa shape index (κ2) is 6.66. The number of fused-ring (bicyclic) bond motifs is 1. The number of para-hydroxylation sites is 1. The van der Waals surface area contributed by atoms with Gasteiger partial charge in [0.1, 0.15) is 11.6 Å². The van der Waals surface area contributed by atoms with Crippen LogP contribution in [0.5, 0.6) is 0 Å². The maximum Gasteiger partial charge on any atom is 0.319 e. The Bertz CT molecular complexity index is 795. The van der Waals surface area contributed by atoms with Crippen molar-refractivity contribution in [3.05, 3.63) is 59.7 Å². The van der Waals surface area contributed by atoms with Crippen LogP contribution in [-0.2, 0) is 11.2 Å². The van der Waals surface area contributed by atoms with E-state index in [1.807, 2.05) is 24.3 Å². The van der Waals surface area contributed by atoms with Gasteiger partial charge in [0.05, 0.1) is 12.2 Å². The highest BCUT2D eigenvalue weighted by molar-refractivity contribution is 5.99. The number of carbonyl (C=O) groups excluding carboxylic acids is 2. The molecule has 5 nitrogen and oxygen atoms in total.